The lowest BCUT2D eigenvalue weighted by molar-refractivity contribution is 0.0873. The lowest BCUT2D eigenvalue weighted by atomic mass is 9.83. The van der Waals surface area contributed by atoms with Gasteiger partial charge in [-0.1, -0.05) is 6.07 Å². The highest BCUT2D eigenvalue weighted by Gasteiger charge is 2.45. The second-order valence-corrected chi connectivity index (χ2v) is 6.85. The van der Waals surface area contributed by atoms with Gasteiger partial charge in [-0.05, 0) is 43.7 Å². The molecule has 2 atom stereocenters. The Kier molecular flexibility index (Phi) is 5.60. The maximum Gasteiger partial charge on any atom is 0.274 e. The number of aryl methyl sites for hydroxylation is 1. The molecule has 0 saturated carbocycles. The van der Waals surface area contributed by atoms with Crippen LogP contribution in [0, 0.1) is 18.2 Å². The van der Waals surface area contributed by atoms with E-state index in [-0.39, 0.29) is 23.7 Å². The number of guanidine groups is 1. The van der Waals surface area contributed by atoms with Crippen molar-refractivity contribution >= 4 is 17.6 Å². The first-order valence-corrected chi connectivity index (χ1v) is 9.06. The summed E-state index contributed by atoms with van der Waals surface area (Å²) in [5.74, 6) is -0.742. The second kappa shape index (κ2) is 7.93. The van der Waals surface area contributed by atoms with Gasteiger partial charge in [0.25, 0.3) is 5.91 Å². The summed E-state index contributed by atoms with van der Waals surface area (Å²) in [7, 11) is 1.62. The third kappa shape index (κ3) is 3.82. The van der Waals surface area contributed by atoms with Crippen LogP contribution in [-0.2, 0) is 10.3 Å². The van der Waals surface area contributed by atoms with Crippen LogP contribution < -0.4 is 16.0 Å². The smallest absolute Gasteiger partial charge is 0.274 e. The Bertz CT molecular complexity index is 887. The van der Waals surface area contributed by atoms with Gasteiger partial charge in [-0.2, -0.15) is 0 Å². The van der Waals surface area contributed by atoms with E-state index in [2.05, 4.69) is 20.9 Å². The summed E-state index contributed by atoms with van der Waals surface area (Å²) in [5.41, 5.74) is 1.11. The first kappa shape index (κ1) is 19.8. The molecular weight excluding hydrogens is 361 g/mol. The average Bonchev–Trinajstić information content (AvgIpc) is 3.04. The van der Waals surface area contributed by atoms with E-state index in [9.17, 15) is 9.18 Å². The number of rotatable bonds is 4. The highest BCUT2D eigenvalue weighted by molar-refractivity contribution is 6.02. The Morgan fingerprint density at radius 1 is 1.36 bits per heavy atom. The molecule has 1 aliphatic rings. The van der Waals surface area contributed by atoms with E-state index in [0.29, 0.717) is 24.3 Å². The number of nitrogens with zero attached hydrogens (tertiary/aromatic N) is 1. The topological polar surface area (TPSA) is 99.1 Å². The summed E-state index contributed by atoms with van der Waals surface area (Å²) < 4.78 is 20.5. The minimum absolute atomic E-state index is 0.0649. The van der Waals surface area contributed by atoms with Crippen LogP contribution in [0.4, 0.5) is 10.1 Å². The maximum atomic E-state index is 14.8. The summed E-state index contributed by atoms with van der Waals surface area (Å²) >= 11 is 0. The van der Waals surface area contributed by atoms with E-state index in [0.717, 1.165) is 5.56 Å². The van der Waals surface area contributed by atoms with Crippen molar-refractivity contribution in [3.05, 3.63) is 59.2 Å². The Morgan fingerprint density at radius 3 is 2.75 bits per heavy atom. The number of amides is 1. The highest BCUT2D eigenvalue weighted by Crippen LogP contribution is 2.38. The second-order valence-electron chi connectivity index (χ2n) is 6.85. The number of hydrogen-bond donors (Lipinski definition) is 4. The molecule has 1 saturated heterocycles. The van der Waals surface area contributed by atoms with Gasteiger partial charge in [-0.15, -0.1) is 0 Å². The zero-order valence-electron chi connectivity index (χ0n) is 16.1. The van der Waals surface area contributed by atoms with Crippen molar-refractivity contribution in [3.8, 4) is 0 Å². The van der Waals surface area contributed by atoms with Gasteiger partial charge in [0.1, 0.15) is 11.5 Å². The van der Waals surface area contributed by atoms with Crippen molar-refractivity contribution in [2.75, 3.05) is 19.0 Å². The van der Waals surface area contributed by atoms with Gasteiger partial charge in [0.2, 0.25) is 0 Å². The fraction of sp³-hybridized carbons (Fsp3) is 0.350. The quantitative estimate of drug-likeness (QED) is 0.479. The molecule has 148 valence electrons. The van der Waals surface area contributed by atoms with Crippen molar-refractivity contribution in [3.63, 3.8) is 0 Å². The molecule has 28 heavy (non-hydrogen) atoms. The molecule has 2 unspecified atom stereocenters. The van der Waals surface area contributed by atoms with Crippen LogP contribution in [0.2, 0.25) is 0 Å². The minimum atomic E-state index is -0.910. The Labute approximate surface area is 163 Å². The minimum Gasteiger partial charge on any atom is -0.376 e. The average molecular weight is 385 g/mol. The van der Waals surface area contributed by atoms with E-state index in [1.54, 1.807) is 31.4 Å². The number of aromatic nitrogens is 1. The van der Waals surface area contributed by atoms with E-state index >= 15 is 0 Å². The summed E-state index contributed by atoms with van der Waals surface area (Å²) in [6.07, 6.45) is 1.75. The maximum absolute atomic E-state index is 14.8. The van der Waals surface area contributed by atoms with E-state index in [1.807, 2.05) is 13.8 Å². The molecule has 3 rings (SSSR count). The first-order valence-electron chi connectivity index (χ1n) is 9.06. The molecule has 0 radical (unpaired) electrons. The molecule has 7 nitrogen and oxygen atoms in total. The number of anilines is 1. The monoisotopic (exact) mass is 385 g/mol. The van der Waals surface area contributed by atoms with Crippen LogP contribution in [-0.4, -0.2) is 36.6 Å². The van der Waals surface area contributed by atoms with Crippen molar-refractivity contribution < 1.29 is 13.9 Å². The molecule has 1 fully saturated rings. The Hall–Kier alpha value is -3.00. The van der Waals surface area contributed by atoms with Gasteiger partial charge in [-0.3, -0.25) is 15.2 Å². The fourth-order valence-corrected chi connectivity index (χ4v) is 3.36. The molecule has 0 aliphatic carbocycles. The predicted octanol–water partition coefficient (Wildman–Crippen LogP) is 2.53. The molecule has 1 aliphatic heterocycles. The third-order valence-electron chi connectivity index (χ3n) is 5.01. The van der Waals surface area contributed by atoms with Crippen molar-refractivity contribution in [2.45, 2.75) is 31.9 Å². The summed E-state index contributed by atoms with van der Waals surface area (Å²) in [6, 6.07) is 7.84. The third-order valence-corrected chi connectivity index (χ3v) is 5.01. The van der Waals surface area contributed by atoms with Crippen LogP contribution in [0.3, 0.4) is 0 Å². The van der Waals surface area contributed by atoms with E-state index in [4.69, 9.17) is 10.1 Å². The Balaban J connectivity index is 1.92. The molecule has 0 bridgehead atoms. The summed E-state index contributed by atoms with van der Waals surface area (Å²) in [4.78, 5) is 16.6. The van der Waals surface area contributed by atoms with Crippen LogP contribution >= 0.6 is 0 Å². The fourth-order valence-electron chi connectivity index (χ4n) is 3.36. The molecule has 2 aromatic rings. The van der Waals surface area contributed by atoms with Gasteiger partial charge in [0, 0.05) is 37.5 Å². The van der Waals surface area contributed by atoms with E-state index < -0.39 is 11.4 Å². The molecule has 1 aromatic carbocycles. The number of ether oxygens (including phenoxy) is 1. The predicted molar refractivity (Wildman–Crippen MR) is 105 cm³/mol. The highest BCUT2D eigenvalue weighted by atomic mass is 19.1. The molecule has 1 amide bonds. The zero-order valence-corrected chi connectivity index (χ0v) is 16.1. The number of benzene rings is 1. The molecule has 0 spiro atoms. The standard InChI is InChI=1S/C20H24FN5O2/c1-12-4-7-17(24-11-12)18(27)25-14-5-6-16(21)15(10-14)20(26-19(22)23-3)8-9-28-13(20)2/h4-7,10-11,13H,8-9H2,1-3H3,(H,25,27)(H3,22,23,26). The van der Waals surface area contributed by atoms with Crippen molar-refractivity contribution in [1.29, 1.82) is 5.41 Å². The van der Waals surface area contributed by atoms with Crippen LogP contribution in [0.5, 0.6) is 0 Å². The summed E-state index contributed by atoms with van der Waals surface area (Å²) in [6.45, 7) is 4.17. The number of pyridine rings is 1. The number of carbonyl (C=O) groups excluding carboxylic acids is 1. The SMILES string of the molecule is CNC(=N)NC1(c2cc(NC(=O)c3ccc(C)cn3)ccc2F)CCOC1C. The van der Waals surface area contributed by atoms with E-state index in [1.165, 1.54) is 12.1 Å². The van der Waals surface area contributed by atoms with Crippen LogP contribution in [0.25, 0.3) is 0 Å². The number of carbonyl (C=O) groups is 1. The molecule has 1 aromatic heterocycles. The normalized spacial score (nSPS) is 21.2. The molecule has 4 N–H and O–H groups in total. The first-order chi connectivity index (χ1) is 13.4. The number of nitrogens with one attached hydrogen (secondary N) is 4. The van der Waals surface area contributed by atoms with Crippen molar-refractivity contribution in [2.24, 2.45) is 0 Å². The lowest BCUT2D eigenvalue weighted by Gasteiger charge is -2.35. The number of halogens is 1. The molecule has 8 heteroatoms. The largest absolute Gasteiger partial charge is 0.376 e. The summed E-state index contributed by atoms with van der Waals surface area (Å²) in [5, 5.41) is 16.5. The van der Waals surface area contributed by atoms with Gasteiger partial charge in [0.15, 0.2) is 5.96 Å². The van der Waals surface area contributed by atoms with Gasteiger partial charge >= 0.3 is 0 Å². The molecule has 2 heterocycles. The van der Waals surface area contributed by atoms with Gasteiger partial charge in [0.05, 0.1) is 11.6 Å². The van der Waals surface area contributed by atoms with Gasteiger partial charge < -0.3 is 20.7 Å². The number of hydrogen-bond acceptors (Lipinski definition) is 4. The Morgan fingerprint density at radius 2 is 2.14 bits per heavy atom. The zero-order chi connectivity index (χ0) is 20.3. The van der Waals surface area contributed by atoms with Crippen LogP contribution in [0.15, 0.2) is 36.5 Å². The van der Waals surface area contributed by atoms with Crippen LogP contribution in [0.1, 0.15) is 35.0 Å². The van der Waals surface area contributed by atoms with Gasteiger partial charge in [-0.25, -0.2) is 4.39 Å². The van der Waals surface area contributed by atoms with Crippen molar-refractivity contribution in [1.82, 2.24) is 15.6 Å². The lowest BCUT2D eigenvalue weighted by Crippen LogP contribution is -2.53. The molecular formula is C20H24FN5O2.